The number of carbonyl (C=O) groups is 2. The number of nitrogens with zero attached hydrogens (tertiary/aromatic N) is 3. The van der Waals surface area contributed by atoms with Crippen molar-refractivity contribution in [2.45, 2.75) is 84.2 Å². The van der Waals surface area contributed by atoms with Crippen LogP contribution < -0.4 is 10.4 Å². The van der Waals surface area contributed by atoms with Gasteiger partial charge in [0.15, 0.2) is 5.82 Å². The van der Waals surface area contributed by atoms with Crippen molar-refractivity contribution >= 4 is 30.5 Å². The van der Waals surface area contributed by atoms with Crippen molar-refractivity contribution in [3.63, 3.8) is 0 Å². The van der Waals surface area contributed by atoms with Crippen LogP contribution in [0.2, 0.25) is 0 Å². The molecule has 2 atom stereocenters. The normalized spacial score (nSPS) is 21.9. The maximum atomic E-state index is 13.2. The van der Waals surface area contributed by atoms with E-state index < -0.39 is 30.0 Å². The number of ether oxygens (including phenoxy) is 2. The van der Waals surface area contributed by atoms with Gasteiger partial charge in [-0.25, -0.2) is 9.78 Å². The van der Waals surface area contributed by atoms with E-state index in [2.05, 4.69) is 9.97 Å². The lowest BCUT2D eigenvalue weighted by molar-refractivity contribution is -0.142. The molecular formula is C27H36BN3O6. The molecule has 1 amide bonds. The van der Waals surface area contributed by atoms with Gasteiger partial charge in [0.2, 0.25) is 0 Å². The molecule has 37 heavy (non-hydrogen) atoms. The van der Waals surface area contributed by atoms with Crippen LogP contribution in [0.3, 0.4) is 0 Å². The molecule has 1 aliphatic heterocycles. The molecule has 0 spiro atoms. The number of benzene rings is 1. The van der Waals surface area contributed by atoms with E-state index in [4.69, 9.17) is 18.8 Å². The number of rotatable bonds is 6. The van der Waals surface area contributed by atoms with Gasteiger partial charge in [-0.15, -0.1) is 0 Å². The highest BCUT2D eigenvalue weighted by molar-refractivity contribution is 6.62. The van der Waals surface area contributed by atoms with Crippen LogP contribution in [-0.4, -0.2) is 53.1 Å². The number of aromatic nitrogens is 2. The predicted molar refractivity (Wildman–Crippen MR) is 139 cm³/mol. The van der Waals surface area contributed by atoms with Gasteiger partial charge in [0, 0.05) is 5.92 Å². The van der Waals surface area contributed by atoms with Gasteiger partial charge in [0.1, 0.15) is 5.60 Å². The fourth-order valence-electron chi connectivity index (χ4n) is 4.15. The molecule has 2 heterocycles. The highest BCUT2D eigenvalue weighted by Gasteiger charge is 2.51. The molecule has 1 aromatic carbocycles. The smallest absolute Gasteiger partial charge is 0.469 e. The van der Waals surface area contributed by atoms with Gasteiger partial charge in [0.25, 0.3) is 0 Å². The van der Waals surface area contributed by atoms with E-state index in [1.807, 2.05) is 72.7 Å². The molecule has 0 bridgehead atoms. The number of hydrogen-bond acceptors (Lipinski definition) is 8. The first-order valence-electron chi connectivity index (χ1n) is 12.6. The molecule has 1 aliphatic carbocycles. The van der Waals surface area contributed by atoms with Crippen LogP contribution in [-0.2, 0) is 30.1 Å². The van der Waals surface area contributed by atoms with Crippen LogP contribution in [0.25, 0.3) is 0 Å². The largest absolute Gasteiger partial charge is 0.494 e. The Balaban J connectivity index is 1.56. The van der Waals surface area contributed by atoms with Crippen LogP contribution in [0.4, 0.5) is 10.6 Å². The Labute approximate surface area is 219 Å². The first-order valence-corrected chi connectivity index (χ1v) is 12.6. The summed E-state index contributed by atoms with van der Waals surface area (Å²) in [4.78, 5) is 35.5. The van der Waals surface area contributed by atoms with E-state index in [0.717, 1.165) is 11.0 Å². The molecule has 198 valence electrons. The molecule has 1 saturated carbocycles. The summed E-state index contributed by atoms with van der Waals surface area (Å²) >= 11 is 0. The molecule has 9 nitrogen and oxygen atoms in total. The summed E-state index contributed by atoms with van der Waals surface area (Å²) in [6, 6.07) is 7.76. The molecule has 2 aliphatic rings. The van der Waals surface area contributed by atoms with Crippen LogP contribution >= 0.6 is 0 Å². The van der Waals surface area contributed by atoms with Crippen molar-refractivity contribution < 1.29 is 28.4 Å². The predicted octanol–water partition coefficient (Wildman–Crippen LogP) is 3.99. The molecule has 2 fully saturated rings. The SMILES string of the molecule is COC(=O)[C@@H]1C[C@H]1c1cnc(N(Cc2cccc(B3OC(C)(C)C(C)(C)O3)c2)C(=O)OC(C)(C)C)cn1. The zero-order chi connectivity index (χ0) is 27.2. The first kappa shape index (κ1) is 27.1. The average Bonchev–Trinajstić information content (AvgIpc) is 3.57. The Bertz CT molecular complexity index is 1150. The number of carbonyl (C=O) groups excluding carboxylic acids is 2. The van der Waals surface area contributed by atoms with Gasteiger partial charge in [-0.3, -0.25) is 14.7 Å². The summed E-state index contributed by atoms with van der Waals surface area (Å²) in [6.45, 7) is 13.7. The highest BCUT2D eigenvalue weighted by atomic mass is 16.7. The topological polar surface area (TPSA) is 100 Å². The second-order valence-corrected chi connectivity index (χ2v) is 11.7. The van der Waals surface area contributed by atoms with Gasteiger partial charge in [-0.05, 0) is 65.9 Å². The van der Waals surface area contributed by atoms with Crippen LogP contribution in [0, 0.1) is 5.92 Å². The zero-order valence-corrected chi connectivity index (χ0v) is 22.9. The summed E-state index contributed by atoms with van der Waals surface area (Å²) in [5.74, 6) is -0.0900. The van der Waals surface area contributed by atoms with Crippen molar-refractivity contribution in [2.24, 2.45) is 5.92 Å². The van der Waals surface area contributed by atoms with Crippen LogP contribution in [0.5, 0.6) is 0 Å². The zero-order valence-electron chi connectivity index (χ0n) is 22.9. The van der Waals surface area contributed by atoms with Gasteiger partial charge >= 0.3 is 19.2 Å². The first-order chi connectivity index (χ1) is 17.2. The van der Waals surface area contributed by atoms with Crippen LogP contribution in [0.1, 0.15) is 72.1 Å². The number of hydrogen-bond donors (Lipinski definition) is 0. The lowest BCUT2D eigenvalue weighted by Gasteiger charge is -2.32. The highest BCUT2D eigenvalue weighted by Crippen LogP contribution is 2.47. The minimum atomic E-state index is -0.686. The minimum Gasteiger partial charge on any atom is -0.469 e. The summed E-state index contributed by atoms with van der Waals surface area (Å²) in [7, 11) is 0.868. The lowest BCUT2D eigenvalue weighted by Crippen LogP contribution is -2.41. The lowest BCUT2D eigenvalue weighted by atomic mass is 9.78. The fraction of sp³-hybridized carbons (Fsp3) is 0.556. The quantitative estimate of drug-likeness (QED) is 0.426. The molecule has 1 aromatic heterocycles. The minimum absolute atomic E-state index is 0.0134. The summed E-state index contributed by atoms with van der Waals surface area (Å²) in [5.41, 5.74) is 0.825. The van der Waals surface area contributed by atoms with Crippen molar-refractivity contribution in [3.8, 4) is 0 Å². The standard InChI is InChI=1S/C27H36BN3O6/c1-25(2,3)35-24(33)31(22-15-29-21(14-30-22)19-13-20(19)23(32)34-8)16-17-10-9-11-18(12-17)28-36-26(4,5)27(6,7)37-28/h9-12,14-15,19-20H,13,16H2,1-8H3/t19-,20-/m1/s1. The van der Waals surface area contributed by atoms with E-state index in [0.29, 0.717) is 17.9 Å². The van der Waals surface area contributed by atoms with E-state index >= 15 is 0 Å². The number of anilines is 1. The van der Waals surface area contributed by atoms with Crippen molar-refractivity contribution in [3.05, 3.63) is 47.9 Å². The third-order valence-corrected chi connectivity index (χ3v) is 7.04. The second kappa shape index (κ2) is 9.72. The Morgan fingerprint density at radius 2 is 1.78 bits per heavy atom. The number of methoxy groups -OCH3 is 1. The maximum absolute atomic E-state index is 13.2. The van der Waals surface area contributed by atoms with Gasteiger partial charge in [0.05, 0.1) is 48.9 Å². The van der Waals surface area contributed by atoms with Gasteiger partial charge in [-0.2, -0.15) is 0 Å². The summed E-state index contributed by atoms with van der Waals surface area (Å²) in [5, 5.41) is 0. The molecular weight excluding hydrogens is 473 g/mol. The van der Waals surface area contributed by atoms with Gasteiger partial charge in [-0.1, -0.05) is 24.3 Å². The van der Waals surface area contributed by atoms with Gasteiger partial charge < -0.3 is 18.8 Å². The Hall–Kier alpha value is -2.98. The Morgan fingerprint density at radius 3 is 2.35 bits per heavy atom. The Morgan fingerprint density at radius 1 is 1.11 bits per heavy atom. The monoisotopic (exact) mass is 509 g/mol. The fourth-order valence-corrected chi connectivity index (χ4v) is 4.15. The maximum Gasteiger partial charge on any atom is 0.494 e. The van der Waals surface area contributed by atoms with E-state index in [-0.39, 0.29) is 24.3 Å². The summed E-state index contributed by atoms with van der Waals surface area (Å²) < 4.78 is 22.9. The van der Waals surface area contributed by atoms with Crippen molar-refractivity contribution in [2.75, 3.05) is 12.0 Å². The second-order valence-electron chi connectivity index (χ2n) is 11.7. The molecule has 10 heteroatoms. The third-order valence-electron chi connectivity index (χ3n) is 7.04. The molecule has 0 radical (unpaired) electrons. The van der Waals surface area contributed by atoms with E-state index in [1.165, 1.54) is 12.0 Å². The molecule has 0 N–H and O–H groups in total. The average molecular weight is 509 g/mol. The molecule has 4 rings (SSSR count). The Kier molecular flexibility index (Phi) is 7.11. The van der Waals surface area contributed by atoms with E-state index in [1.54, 1.807) is 12.4 Å². The summed E-state index contributed by atoms with van der Waals surface area (Å²) in [6.07, 6.45) is 3.31. The van der Waals surface area contributed by atoms with E-state index in [9.17, 15) is 9.59 Å². The molecule has 1 saturated heterocycles. The van der Waals surface area contributed by atoms with Crippen molar-refractivity contribution in [1.82, 2.24) is 9.97 Å². The number of esters is 1. The number of amides is 1. The molecule has 2 aromatic rings. The van der Waals surface area contributed by atoms with Crippen molar-refractivity contribution in [1.29, 1.82) is 0 Å². The third kappa shape index (κ3) is 5.96. The molecule has 0 unspecified atom stereocenters. The van der Waals surface area contributed by atoms with Crippen LogP contribution in [0.15, 0.2) is 36.7 Å².